The maximum atomic E-state index is 13.1. The number of H-pyrrole nitrogens is 1. The molecule has 1 amide bonds. The van der Waals surface area contributed by atoms with Crippen LogP contribution in [0.15, 0.2) is 24.5 Å². The number of aromatic amines is 1. The highest BCUT2D eigenvalue weighted by atomic mass is 16.2. The van der Waals surface area contributed by atoms with Gasteiger partial charge in [-0.15, -0.1) is 0 Å². The number of rotatable bonds is 1. The molecule has 1 saturated heterocycles. The third-order valence-corrected chi connectivity index (χ3v) is 5.74. The van der Waals surface area contributed by atoms with Crippen molar-refractivity contribution in [1.29, 1.82) is 0 Å². The fraction of sp³-hybridized carbons (Fsp3) is 0.421. The number of hydrogen-bond donors (Lipinski definition) is 1. The average molecular weight is 348 g/mol. The van der Waals surface area contributed by atoms with Crippen LogP contribution in [0.4, 0.5) is 0 Å². The van der Waals surface area contributed by atoms with Crippen LogP contribution in [-0.2, 0) is 11.8 Å². The van der Waals surface area contributed by atoms with E-state index in [2.05, 4.69) is 20.2 Å². The minimum atomic E-state index is -0.0327. The Labute approximate surface area is 150 Å². The van der Waals surface area contributed by atoms with Crippen LogP contribution >= 0.6 is 0 Å². The van der Waals surface area contributed by atoms with Crippen LogP contribution in [0.5, 0.6) is 0 Å². The van der Waals surface area contributed by atoms with E-state index < -0.39 is 0 Å². The van der Waals surface area contributed by atoms with Gasteiger partial charge in [-0.1, -0.05) is 0 Å². The molecule has 26 heavy (non-hydrogen) atoms. The molecule has 0 saturated carbocycles. The number of nitrogens with zero attached hydrogens (tertiary/aromatic N) is 5. The Morgan fingerprint density at radius 1 is 1.23 bits per heavy atom. The molecule has 7 heteroatoms. The largest absolute Gasteiger partial charge is 0.336 e. The number of aromatic nitrogens is 5. The highest BCUT2D eigenvalue weighted by Crippen LogP contribution is 2.44. The number of nitrogens with one attached hydrogen (secondary N) is 1. The van der Waals surface area contributed by atoms with E-state index in [1.165, 1.54) is 5.56 Å². The molecule has 2 aliphatic rings. The number of fused-ring (bicyclic) bond motifs is 3. The van der Waals surface area contributed by atoms with Gasteiger partial charge in [0, 0.05) is 30.1 Å². The summed E-state index contributed by atoms with van der Waals surface area (Å²) in [7, 11) is 0. The molecule has 1 aliphatic carbocycles. The maximum Gasteiger partial charge on any atom is 0.272 e. The van der Waals surface area contributed by atoms with E-state index in [1.54, 1.807) is 12.3 Å². The Morgan fingerprint density at radius 2 is 2.15 bits per heavy atom. The quantitative estimate of drug-likeness (QED) is 0.728. The number of amides is 1. The van der Waals surface area contributed by atoms with Crippen LogP contribution < -0.4 is 0 Å². The van der Waals surface area contributed by atoms with Crippen LogP contribution in [0.2, 0.25) is 0 Å². The fourth-order valence-electron chi connectivity index (χ4n) is 4.44. The van der Waals surface area contributed by atoms with Crippen molar-refractivity contribution in [2.24, 2.45) is 0 Å². The van der Waals surface area contributed by atoms with E-state index in [4.69, 9.17) is 4.98 Å². The van der Waals surface area contributed by atoms with E-state index in [0.29, 0.717) is 17.9 Å². The summed E-state index contributed by atoms with van der Waals surface area (Å²) in [5.74, 6) is 0.791. The Kier molecular flexibility index (Phi) is 3.32. The van der Waals surface area contributed by atoms with Gasteiger partial charge in [0.15, 0.2) is 5.65 Å². The molecule has 3 aromatic heterocycles. The lowest BCUT2D eigenvalue weighted by Crippen LogP contribution is -2.48. The molecule has 0 aromatic carbocycles. The van der Waals surface area contributed by atoms with Crippen molar-refractivity contribution >= 4 is 16.9 Å². The first-order chi connectivity index (χ1) is 12.6. The normalized spacial score (nSPS) is 22.1. The van der Waals surface area contributed by atoms with E-state index in [0.717, 1.165) is 49.1 Å². The van der Waals surface area contributed by atoms with Gasteiger partial charge in [0.1, 0.15) is 11.5 Å². The van der Waals surface area contributed by atoms with Crippen molar-refractivity contribution in [3.63, 3.8) is 0 Å². The first-order valence-electron chi connectivity index (χ1n) is 9.07. The summed E-state index contributed by atoms with van der Waals surface area (Å²) in [5, 5.41) is 7.73. The lowest BCUT2D eigenvalue weighted by molar-refractivity contribution is 0.0628. The molecule has 1 fully saturated rings. The van der Waals surface area contributed by atoms with Crippen LogP contribution in [0.3, 0.4) is 0 Å². The van der Waals surface area contributed by atoms with Crippen molar-refractivity contribution in [1.82, 2.24) is 30.0 Å². The molecule has 4 heterocycles. The maximum absolute atomic E-state index is 13.1. The highest BCUT2D eigenvalue weighted by Gasteiger charge is 2.44. The zero-order valence-corrected chi connectivity index (χ0v) is 14.7. The summed E-state index contributed by atoms with van der Waals surface area (Å²) in [6.07, 6.45) is 7.77. The third-order valence-electron chi connectivity index (χ3n) is 5.74. The van der Waals surface area contributed by atoms with E-state index in [1.807, 2.05) is 24.1 Å². The summed E-state index contributed by atoms with van der Waals surface area (Å²) < 4.78 is 0. The summed E-state index contributed by atoms with van der Waals surface area (Å²) in [6, 6.07) is 3.68. The molecule has 1 unspecified atom stereocenters. The molecule has 0 radical (unpaired) electrons. The minimum Gasteiger partial charge on any atom is -0.336 e. The lowest BCUT2D eigenvalue weighted by Gasteiger charge is -2.40. The first-order valence-corrected chi connectivity index (χ1v) is 9.07. The van der Waals surface area contributed by atoms with Crippen LogP contribution in [0, 0.1) is 6.92 Å². The lowest BCUT2D eigenvalue weighted by atomic mass is 9.77. The fourth-order valence-corrected chi connectivity index (χ4v) is 4.44. The number of piperidine rings is 1. The average Bonchev–Trinajstić information content (AvgIpc) is 3.26. The van der Waals surface area contributed by atoms with Gasteiger partial charge >= 0.3 is 0 Å². The van der Waals surface area contributed by atoms with Crippen molar-refractivity contribution in [2.75, 3.05) is 13.1 Å². The molecule has 1 aliphatic heterocycles. The third kappa shape index (κ3) is 2.30. The van der Waals surface area contributed by atoms with Gasteiger partial charge in [0.05, 0.1) is 11.9 Å². The molecule has 132 valence electrons. The second-order valence-electron chi connectivity index (χ2n) is 7.41. The number of pyridine rings is 1. The number of hydrogen-bond acceptors (Lipinski definition) is 5. The Balaban J connectivity index is 1.46. The predicted octanol–water partition coefficient (Wildman–Crippen LogP) is 2.18. The Hall–Kier alpha value is -2.83. The van der Waals surface area contributed by atoms with Crippen LogP contribution in [0.1, 0.15) is 46.8 Å². The SMILES string of the molecule is Cc1ncc2c(n1)C1(CCCN(C(=O)c3ccc4cn[nH]c4n3)C1)CC2. The van der Waals surface area contributed by atoms with Gasteiger partial charge in [-0.2, -0.15) is 5.10 Å². The van der Waals surface area contributed by atoms with Crippen molar-refractivity contribution < 1.29 is 4.79 Å². The van der Waals surface area contributed by atoms with Crippen molar-refractivity contribution in [3.8, 4) is 0 Å². The molecule has 1 atom stereocenters. The second kappa shape index (κ2) is 5.59. The van der Waals surface area contributed by atoms with Gasteiger partial charge in [0.25, 0.3) is 5.91 Å². The Bertz CT molecular complexity index is 1010. The summed E-state index contributed by atoms with van der Waals surface area (Å²) in [5.41, 5.74) is 3.48. The van der Waals surface area contributed by atoms with Gasteiger partial charge in [-0.05, 0) is 50.3 Å². The molecule has 5 rings (SSSR count). The van der Waals surface area contributed by atoms with E-state index in [9.17, 15) is 4.79 Å². The number of likely N-dealkylation sites (tertiary alicyclic amines) is 1. The second-order valence-corrected chi connectivity index (χ2v) is 7.41. The van der Waals surface area contributed by atoms with Gasteiger partial charge < -0.3 is 4.90 Å². The molecule has 0 bridgehead atoms. The monoisotopic (exact) mass is 348 g/mol. The van der Waals surface area contributed by atoms with Gasteiger partial charge in [-0.3, -0.25) is 9.89 Å². The predicted molar refractivity (Wildman–Crippen MR) is 95.8 cm³/mol. The van der Waals surface area contributed by atoms with Gasteiger partial charge in [0.2, 0.25) is 0 Å². The summed E-state index contributed by atoms with van der Waals surface area (Å²) >= 11 is 0. The zero-order valence-electron chi connectivity index (χ0n) is 14.7. The molecular formula is C19H20N6O. The first kappa shape index (κ1) is 15.4. The smallest absolute Gasteiger partial charge is 0.272 e. The molecule has 1 N–H and O–H groups in total. The molecule has 3 aromatic rings. The van der Waals surface area contributed by atoms with Crippen LogP contribution in [-0.4, -0.2) is 49.0 Å². The summed E-state index contributed by atoms with van der Waals surface area (Å²) in [6.45, 7) is 3.40. The van der Waals surface area contributed by atoms with Crippen LogP contribution in [0.25, 0.3) is 11.0 Å². The Morgan fingerprint density at radius 3 is 3.08 bits per heavy atom. The van der Waals surface area contributed by atoms with E-state index >= 15 is 0 Å². The minimum absolute atomic E-state index is 0.0141. The topological polar surface area (TPSA) is 87.7 Å². The molecule has 1 spiro atoms. The van der Waals surface area contributed by atoms with E-state index in [-0.39, 0.29) is 11.3 Å². The van der Waals surface area contributed by atoms with Gasteiger partial charge in [-0.25, -0.2) is 15.0 Å². The van der Waals surface area contributed by atoms with Crippen molar-refractivity contribution in [2.45, 2.75) is 38.0 Å². The zero-order chi connectivity index (χ0) is 17.7. The molecule has 7 nitrogen and oxygen atoms in total. The molecular weight excluding hydrogens is 328 g/mol. The number of carbonyl (C=O) groups excluding carboxylic acids is 1. The standard InChI is InChI=1S/C19H20N6O/c1-12-20-9-13-5-7-19(16(13)22-12)6-2-8-25(11-19)18(26)15-4-3-14-10-21-24-17(14)23-15/h3-4,9-10H,2,5-8,11H2,1H3,(H,21,23,24). The highest BCUT2D eigenvalue weighted by molar-refractivity contribution is 5.94. The number of aryl methyl sites for hydroxylation is 2. The van der Waals surface area contributed by atoms with Crippen molar-refractivity contribution in [3.05, 3.63) is 47.3 Å². The number of carbonyl (C=O) groups is 1. The summed E-state index contributed by atoms with van der Waals surface area (Å²) in [4.78, 5) is 28.6.